The summed E-state index contributed by atoms with van der Waals surface area (Å²) in [6, 6.07) is 17.2. The summed E-state index contributed by atoms with van der Waals surface area (Å²) < 4.78 is 6.82. The van der Waals surface area contributed by atoms with Crippen LogP contribution in [0.5, 0.6) is 17.2 Å². The number of carbonyl (C=O) groups excluding carboxylic acids is 1. The molecule has 1 amide bonds. The largest absolute Gasteiger partial charge is 0.507 e. The number of halogens is 2. The van der Waals surface area contributed by atoms with Gasteiger partial charge in [-0.3, -0.25) is 14.6 Å². The molecule has 0 saturated carbocycles. The first kappa shape index (κ1) is 25.6. The van der Waals surface area contributed by atoms with Crippen LogP contribution >= 0.6 is 23.2 Å². The fourth-order valence-corrected chi connectivity index (χ4v) is 5.05. The van der Waals surface area contributed by atoms with Gasteiger partial charge in [-0.25, -0.2) is 4.79 Å². The third kappa shape index (κ3) is 5.29. The molecule has 0 bridgehead atoms. The molecule has 1 aliphatic heterocycles. The van der Waals surface area contributed by atoms with Gasteiger partial charge in [0.2, 0.25) is 0 Å². The second-order valence-electron chi connectivity index (χ2n) is 8.87. The highest BCUT2D eigenvalue weighted by atomic mass is 35.5. The molecule has 2 N–H and O–H groups in total. The number of hydrogen-bond donors (Lipinski definition) is 2. The Bertz CT molecular complexity index is 1600. The lowest BCUT2D eigenvalue weighted by Crippen LogP contribution is -2.39. The molecule has 1 unspecified atom stereocenters. The van der Waals surface area contributed by atoms with E-state index in [-0.39, 0.29) is 50.4 Å². The topological polar surface area (TPSA) is 118 Å². The molecule has 5 rings (SSSR count). The Morgan fingerprint density at radius 1 is 1.05 bits per heavy atom. The molecule has 1 aliphatic rings. The molecule has 11 heteroatoms. The van der Waals surface area contributed by atoms with Gasteiger partial charge in [0.1, 0.15) is 17.7 Å². The molecule has 1 saturated heterocycles. The number of aromatic hydroxyl groups is 1. The molecule has 3 aromatic carbocycles. The Labute approximate surface area is 226 Å². The number of piperidine rings is 1. The Kier molecular flexibility index (Phi) is 7.22. The minimum absolute atomic E-state index is 0.0649. The van der Waals surface area contributed by atoms with Gasteiger partial charge < -0.3 is 14.7 Å². The fraction of sp³-hybridized carbons (Fsp3) is 0.185. The molecular formula is C27H22Cl2N4O5. The molecule has 4 aromatic rings. The zero-order valence-electron chi connectivity index (χ0n) is 19.9. The average molecular weight is 553 g/mol. The number of aromatic amines is 1. The second-order valence-corrected chi connectivity index (χ2v) is 9.69. The molecule has 1 aromatic heterocycles. The number of phenolic OH excluding ortho intramolecular Hbond substituents is 1. The predicted octanol–water partition coefficient (Wildman–Crippen LogP) is 4.75. The van der Waals surface area contributed by atoms with E-state index in [1.165, 1.54) is 35.9 Å². The highest BCUT2D eigenvalue weighted by Gasteiger charge is 2.27. The number of amides is 1. The van der Waals surface area contributed by atoms with E-state index in [1.807, 2.05) is 18.2 Å². The maximum Gasteiger partial charge on any atom is 0.349 e. The van der Waals surface area contributed by atoms with E-state index in [1.54, 1.807) is 4.90 Å². The van der Waals surface area contributed by atoms with Crippen LogP contribution in [0.1, 0.15) is 34.7 Å². The first-order chi connectivity index (χ1) is 18.3. The van der Waals surface area contributed by atoms with Crippen molar-refractivity contribution in [2.45, 2.75) is 18.8 Å². The van der Waals surface area contributed by atoms with Crippen molar-refractivity contribution in [2.24, 2.45) is 0 Å². The number of benzene rings is 3. The summed E-state index contributed by atoms with van der Waals surface area (Å²) in [6.45, 7) is 1.13. The Hall–Kier alpha value is -4.08. The van der Waals surface area contributed by atoms with Crippen LogP contribution in [0.15, 0.2) is 76.4 Å². The molecule has 2 heterocycles. The summed E-state index contributed by atoms with van der Waals surface area (Å²) in [7, 11) is 0. The molecule has 38 heavy (non-hydrogen) atoms. The first-order valence-corrected chi connectivity index (χ1v) is 12.6. The van der Waals surface area contributed by atoms with Crippen molar-refractivity contribution in [3.63, 3.8) is 0 Å². The van der Waals surface area contributed by atoms with Crippen LogP contribution < -0.4 is 16.0 Å². The molecule has 9 nitrogen and oxygen atoms in total. The highest BCUT2D eigenvalue weighted by Crippen LogP contribution is 2.39. The standard InChI is InChI=1S/C27H22Cl2N4O5/c28-21-11-18(33-27(37)31-24(35)14-30-33)12-22(29)25(21)38-19-8-9-23(34)20(13-19)26(36)32-10-4-7-17(15-32)16-5-2-1-3-6-16/h1-3,5-6,8-9,11-14,17,34H,4,7,10,15H2,(H,31,35,37). The third-order valence-corrected chi connectivity index (χ3v) is 6.90. The second kappa shape index (κ2) is 10.7. The van der Waals surface area contributed by atoms with Crippen molar-refractivity contribution < 1.29 is 14.6 Å². The SMILES string of the molecule is O=C(c1cc(Oc2c(Cl)cc(-n3ncc(=O)[nH]c3=O)cc2Cl)ccc1O)N1CCCC(c2ccccc2)C1. The van der Waals surface area contributed by atoms with Crippen molar-refractivity contribution in [1.29, 1.82) is 0 Å². The van der Waals surface area contributed by atoms with Gasteiger partial charge in [-0.2, -0.15) is 9.78 Å². The van der Waals surface area contributed by atoms with Gasteiger partial charge in [-0.1, -0.05) is 53.5 Å². The van der Waals surface area contributed by atoms with Crippen molar-refractivity contribution in [1.82, 2.24) is 19.7 Å². The third-order valence-electron chi connectivity index (χ3n) is 6.34. The Morgan fingerprint density at radius 3 is 2.50 bits per heavy atom. The van der Waals surface area contributed by atoms with E-state index in [4.69, 9.17) is 27.9 Å². The smallest absolute Gasteiger partial charge is 0.349 e. The number of carbonyl (C=O) groups is 1. The van der Waals surface area contributed by atoms with E-state index in [0.717, 1.165) is 23.7 Å². The number of phenols is 1. The van der Waals surface area contributed by atoms with Gasteiger partial charge in [0, 0.05) is 19.0 Å². The zero-order valence-corrected chi connectivity index (χ0v) is 21.4. The number of aromatic nitrogens is 3. The van der Waals surface area contributed by atoms with Gasteiger partial charge in [-0.15, -0.1) is 0 Å². The number of ether oxygens (including phenoxy) is 1. The summed E-state index contributed by atoms with van der Waals surface area (Å²) in [5, 5.41) is 14.4. The average Bonchev–Trinajstić information content (AvgIpc) is 2.91. The van der Waals surface area contributed by atoms with Crippen LogP contribution in [0.4, 0.5) is 0 Å². The van der Waals surface area contributed by atoms with Crippen molar-refractivity contribution >= 4 is 29.1 Å². The zero-order chi connectivity index (χ0) is 26.8. The van der Waals surface area contributed by atoms with Gasteiger partial charge in [0.05, 0.1) is 21.3 Å². The summed E-state index contributed by atoms with van der Waals surface area (Å²) >= 11 is 12.8. The Morgan fingerprint density at radius 2 is 1.79 bits per heavy atom. The van der Waals surface area contributed by atoms with E-state index >= 15 is 0 Å². The van der Waals surface area contributed by atoms with Crippen LogP contribution in [-0.4, -0.2) is 43.8 Å². The molecule has 0 spiro atoms. The number of nitrogens with zero attached hydrogens (tertiary/aromatic N) is 3. The number of hydrogen-bond acceptors (Lipinski definition) is 6. The lowest BCUT2D eigenvalue weighted by Gasteiger charge is -2.33. The number of rotatable bonds is 5. The number of likely N-dealkylation sites (tertiary alicyclic amines) is 1. The maximum absolute atomic E-state index is 13.4. The summed E-state index contributed by atoms with van der Waals surface area (Å²) in [4.78, 5) is 40.6. The van der Waals surface area contributed by atoms with Gasteiger partial charge in [0.15, 0.2) is 5.75 Å². The van der Waals surface area contributed by atoms with Crippen LogP contribution in [0.3, 0.4) is 0 Å². The van der Waals surface area contributed by atoms with Crippen LogP contribution in [0.2, 0.25) is 10.0 Å². The van der Waals surface area contributed by atoms with Crippen molar-refractivity contribution in [3.8, 4) is 22.9 Å². The summed E-state index contributed by atoms with van der Waals surface area (Å²) in [5.41, 5.74) is 0.101. The van der Waals surface area contributed by atoms with Gasteiger partial charge >= 0.3 is 5.69 Å². The molecule has 194 valence electrons. The number of H-pyrrole nitrogens is 1. The fourth-order valence-electron chi connectivity index (χ4n) is 4.50. The van der Waals surface area contributed by atoms with E-state index < -0.39 is 11.2 Å². The van der Waals surface area contributed by atoms with Crippen LogP contribution in [-0.2, 0) is 0 Å². The lowest BCUT2D eigenvalue weighted by molar-refractivity contribution is 0.0703. The monoisotopic (exact) mass is 552 g/mol. The van der Waals surface area contributed by atoms with Gasteiger partial charge in [0.25, 0.3) is 11.5 Å². The van der Waals surface area contributed by atoms with E-state index in [9.17, 15) is 19.5 Å². The minimum Gasteiger partial charge on any atom is -0.507 e. The van der Waals surface area contributed by atoms with Crippen LogP contribution in [0.25, 0.3) is 5.69 Å². The lowest BCUT2D eigenvalue weighted by atomic mass is 9.90. The van der Waals surface area contributed by atoms with Crippen LogP contribution in [0, 0.1) is 0 Å². The predicted molar refractivity (Wildman–Crippen MR) is 143 cm³/mol. The minimum atomic E-state index is -0.757. The number of nitrogens with one attached hydrogen (secondary N) is 1. The molecule has 1 fully saturated rings. The quantitative estimate of drug-likeness (QED) is 0.369. The van der Waals surface area contributed by atoms with Crippen molar-refractivity contribution in [2.75, 3.05) is 13.1 Å². The normalized spacial score (nSPS) is 15.3. The maximum atomic E-state index is 13.4. The highest BCUT2D eigenvalue weighted by molar-refractivity contribution is 6.37. The molecular weight excluding hydrogens is 531 g/mol. The summed E-state index contributed by atoms with van der Waals surface area (Å²) in [5.74, 6) is 0.0698. The Balaban J connectivity index is 1.38. The van der Waals surface area contributed by atoms with Crippen molar-refractivity contribution in [3.05, 3.63) is 109 Å². The summed E-state index contributed by atoms with van der Waals surface area (Å²) in [6.07, 6.45) is 2.79. The molecule has 0 radical (unpaired) electrons. The molecule has 0 aliphatic carbocycles. The molecule has 1 atom stereocenters. The van der Waals surface area contributed by atoms with E-state index in [2.05, 4.69) is 22.2 Å². The first-order valence-electron chi connectivity index (χ1n) is 11.8. The van der Waals surface area contributed by atoms with E-state index in [0.29, 0.717) is 13.1 Å². The van der Waals surface area contributed by atoms with Gasteiger partial charge in [-0.05, 0) is 48.7 Å².